The summed E-state index contributed by atoms with van der Waals surface area (Å²) in [5.41, 5.74) is 0. The van der Waals surface area contributed by atoms with Crippen LogP contribution in [0.2, 0.25) is 0 Å². The maximum absolute atomic E-state index is 2.46. The van der Waals surface area contributed by atoms with Gasteiger partial charge < -0.3 is 0 Å². The van der Waals surface area contributed by atoms with Crippen LogP contribution in [0.25, 0.3) is 0 Å². The molecule has 0 aliphatic carbocycles. The summed E-state index contributed by atoms with van der Waals surface area (Å²) in [5.74, 6) is 0. The molecule has 0 N–H and O–H groups in total. The second kappa shape index (κ2) is 6.09. The normalized spacial score (nSPS) is 13.3. The zero-order chi connectivity index (χ0) is 8.91. The minimum atomic E-state index is 0.498. The number of hydrogen-bond acceptors (Lipinski definition) is 1. The second-order valence-electron chi connectivity index (χ2n) is 3.49. The molecule has 1 atom stereocenters. The van der Waals surface area contributed by atoms with Gasteiger partial charge >= 0.3 is 0 Å². The van der Waals surface area contributed by atoms with Gasteiger partial charge in [-0.2, -0.15) is 11.8 Å². The molecule has 0 spiro atoms. The van der Waals surface area contributed by atoms with Gasteiger partial charge in [-0.25, -0.2) is 0 Å². The van der Waals surface area contributed by atoms with E-state index in [9.17, 15) is 0 Å². The van der Waals surface area contributed by atoms with Crippen molar-refractivity contribution in [2.75, 3.05) is 6.16 Å². The van der Waals surface area contributed by atoms with Gasteiger partial charge in [-0.3, -0.25) is 0 Å². The summed E-state index contributed by atoms with van der Waals surface area (Å²) in [6.45, 7) is 9.27. The molecule has 0 aromatic carbocycles. The Balaban J connectivity index is 3.61. The Morgan fingerprint density at radius 2 is 2.09 bits per heavy atom. The molecule has 0 aromatic rings. The molecule has 0 rings (SSSR count). The molecule has 0 bridgehead atoms. The van der Waals surface area contributed by atoms with E-state index in [4.69, 9.17) is 0 Å². The smallest absolute Gasteiger partial charge is 0.153 e. The van der Waals surface area contributed by atoms with Crippen LogP contribution in [0.1, 0.15) is 27.7 Å². The average molecular weight is 302 g/mol. The largest absolute Gasteiger partial charge is 0.225 e. The van der Waals surface area contributed by atoms with E-state index >= 15 is 0 Å². The Morgan fingerprint density at radius 1 is 1.55 bits per heavy atom. The van der Waals surface area contributed by atoms with Crippen LogP contribution in [-0.4, -0.2) is 21.0 Å². The zero-order valence-corrected chi connectivity index (χ0v) is 11.8. The lowest BCUT2D eigenvalue weighted by Crippen LogP contribution is -2.20. The zero-order valence-electron chi connectivity index (χ0n) is 7.78. The first kappa shape index (κ1) is 12.6. The third kappa shape index (κ3) is 7.92. The molecule has 0 radical (unpaired) electrons. The third-order valence-corrected chi connectivity index (χ3v) is 5.65. The van der Waals surface area contributed by atoms with Crippen LogP contribution in [0, 0.1) is 0 Å². The van der Waals surface area contributed by atoms with Gasteiger partial charge in [-0.1, -0.05) is 27.7 Å². The van der Waals surface area contributed by atoms with E-state index in [1.807, 2.05) is 0 Å². The van der Waals surface area contributed by atoms with Gasteiger partial charge in [0.1, 0.15) is 0 Å². The van der Waals surface area contributed by atoms with Crippen LogP contribution >= 0.6 is 42.6 Å². The van der Waals surface area contributed by atoms with Gasteiger partial charge in [0.2, 0.25) is 4.86 Å². The standard InChI is InChI=1S/C7H17BIPS/c1-6(2)11-7(3,4)5-10-8-9/h6,8,10H,5H2,1-4H3. The molecule has 11 heavy (non-hydrogen) atoms. The number of rotatable bonds is 5. The van der Waals surface area contributed by atoms with Gasteiger partial charge in [-0.05, 0) is 11.4 Å². The van der Waals surface area contributed by atoms with E-state index in [1.54, 1.807) is 0 Å². The molecule has 0 aliphatic heterocycles. The highest BCUT2D eigenvalue weighted by atomic mass is 127. The van der Waals surface area contributed by atoms with E-state index in [-0.39, 0.29) is 0 Å². The summed E-state index contributed by atoms with van der Waals surface area (Å²) >= 11 is 4.56. The maximum atomic E-state index is 2.46. The number of hydrogen-bond donors (Lipinski definition) is 0. The fraction of sp³-hybridized carbons (Fsp3) is 1.00. The summed E-state index contributed by atoms with van der Waals surface area (Å²) < 4.78 is 0.498. The van der Waals surface area contributed by atoms with Crippen molar-refractivity contribution in [1.29, 1.82) is 0 Å². The van der Waals surface area contributed by atoms with Crippen molar-refractivity contribution in [3.05, 3.63) is 0 Å². The van der Waals surface area contributed by atoms with Gasteiger partial charge in [0.25, 0.3) is 0 Å². The maximum Gasteiger partial charge on any atom is 0.225 e. The highest BCUT2D eigenvalue weighted by Gasteiger charge is 2.18. The van der Waals surface area contributed by atoms with Crippen molar-refractivity contribution >= 4 is 47.5 Å². The molecule has 0 amide bonds. The molecule has 0 nitrogen and oxygen atoms in total. The van der Waals surface area contributed by atoms with Gasteiger partial charge in [0, 0.05) is 4.75 Å². The van der Waals surface area contributed by atoms with Crippen molar-refractivity contribution in [3.8, 4) is 0 Å². The predicted octanol–water partition coefficient (Wildman–Crippen LogP) is 3.29. The van der Waals surface area contributed by atoms with Crippen LogP contribution in [0.4, 0.5) is 0 Å². The topological polar surface area (TPSA) is 0 Å². The fourth-order valence-electron chi connectivity index (χ4n) is 1.03. The molecule has 0 aliphatic rings. The Hall–Kier alpha value is 1.57. The molecule has 0 fully saturated rings. The van der Waals surface area contributed by atoms with Crippen molar-refractivity contribution in [1.82, 2.24) is 0 Å². The second-order valence-corrected chi connectivity index (χ2v) is 9.18. The molecule has 0 saturated heterocycles. The Bertz CT molecular complexity index is 109. The molecule has 4 heteroatoms. The first-order chi connectivity index (χ1) is 4.98. The Morgan fingerprint density at radius 3 is 2.45 bits per heavy atom. The SMILES string of the molecule is CC(C)SC(C)(C)CPBI. The minimum Gasteiger partial charge on any atom is -0.153 e. The van der Waals surface area contributed by atoms with E-state index < -0.39 is 0 Å². The van der Waals surface area contributed by atoms with Crippen LogP contribution < -0.4 is 0 Å². The van der Waals surface area contributed by atoms with E-state index in [0.717, 1.165) is 13.7 Å². The Labute approximate surface area is 90.9 Å². The molecular weight excluding hydrogens is 285 g/mol. The quantitative estimate of drug-likeness (QED) is 0.427. The van der Waals surface area contributed by atoms with Gasteiger partial charge in [0.15, 0.2) is 0 Å². The highest BCUT2D eigenvalue weighted by molar-refractivity contribution is 14.1. The van der Waals surface area contributed by atoms with Crippen molar-refractivity contribution in [2.24, 2.45) is 0 Å². The fourth-order valence-corrected chi connectivity index (χ4v) is 4.45. The van der Waals surface area contributed by atoms with Crippen LogP contribution in [0.5, 0.6) is 0 Å². The monoisotopic (exact) mass is 302 g/mol. The minimum absolute atomic E-state index is 0.498. The first-order valence-electron chi connectivity index (χ1n) is 3.92. The van der Waals surface area contributed by atoms with Crippen LogP contribution in [0.15, 0.2) is 0 Å². The van der Waals surface area contributed by atoms with Gasteiger partial charge in [-0.15, -0.1) is 30.8 Å². The van der Waals surface area contributed by atoms with Crippen LogP contribution in [0.3, 0.4) is 0 Å². The van der Waals surface area contributed by atoms with Gasteiger partial charge in [0.05, 0.1) is 0 Å². The van der Waals surface area contributed by atoms with E-state index in [2.05, 4.69) is 61.8 Å². The summed E-state index contributed by atoms with van der Waals surface area (Å²) in [6, 6.07) is 0. The molecule has 66 valence electrons. The molecule has 1 unspecified atom stereocenters. The highest BCUT2D eigenvalue weighted by Crippen LogP contribution is 2.33. The van der Waals surface area contributed by atoms with Crippen molar-refractivity contribution in [2.45, 2.75) is 37.7 Å². The average Bonchev–Trinajstić information content (AvgIpc) is 1.81. The lowest BCUT2D eigenvalue weighted by Gasteiger charge is -2.25. The third-order valence-electron chi connectivity index (χ3n) is 1.20. The molecule has 0 heterocycles. The molecular formula is C7H17BIPS. The van der Waals surface area contributed by atoms with Crippen LogP contribution in [-0.2, 0) is 0 Å². The first-order valence-corrected chi connectivity index (χ1v) is 7.74. The van der Waals surface area contributed by atoms with Crippen molar-refractivity contribution < 1.29 is 0 Å². The Kier molecular flexibility index (Phi) is 6.97. The summed E-state index contributed by atoms with van der Waals surface area (Å²) in [5, 5.41) is 0.768. The van der Waals surface area contributed by atoms with E-state index in [1.165, 1.54) is 11.0 Å². The lowest BCUT2D eigenvalue weighted by atomic mass is 10.2. The summed E-state index contributed by atoms with van der Waals surface area (Å²) in [4.78, 5) is 1.32. The molecule has 0 aromatic heterocycles. The van der Waals surface area contributed by atoms with Crippen molar-refractivity contribution in [3.63, 3.8) is 0 Å². The van der Waals surface area contributed by atoms with E-state index in [0.29, 0.717) is 4.75 Å². The summed E-state index contributed by atoms with van der Waals surface area (Å²) in [6.07, 6.45) is 1.37. The predicted molar refractivity (Wildman–Crippen MR) is 71.2 cm³/mol. The lowest BCUT2D eigenvalue weighted by molar-refractivity contribution is 0.807. The summed E-state index contributed by atoms with van der Waals surface area (Å²) in [7, 11) is 1.13. The molecule has 0 saturated carbocycles. The number of halogens is 1. The number of thioether (sulfide) groups is 1.